The molecule has 3 heterocycles. The number of fused-ring (bicyclic) bond motifs is 1. The molecule has 1 amide bonds. The molecule has 0 aliphatic carbocycles. The first-order chi connectivity index (χ1) is 11.0. The van der Waals surface area contributed by atoms with Gasteiger partial charge in [0.05, 0.1) is 4.47 Å². The first kappa shape index (κ1) is 15.5. The van der Waals surface area contributed by atoms with Crippen molar-refractivity contribution in [3.05, 3.63) is 34.5 Å². The van der Waals surface area contributed by atoms with Crippen LogP contribution in [0.2, 0.25) is 0 Å². The van der Waals surface area contributed by atoms with E-state index in [1.54, 1.807) is 29.4 Å². The molecule has 0 saturated heterocycles. The van der Waals surface area contributed by atoms with Crippen molar-refractivity contribution in [1.29, 1.82) is 0 Å². The molecule has 0 aromatic carbocycles. The summed E-state index contributed by atoms with van der Waals surface area (Å²) in [6, 6.07) is 5.07. The van der Waals surface area contributed by atoms with Gasteiger partial charge in [0, 0.05) is 24.7 Å². The van der Waals surface area contributed by atoms with Crippen LogP contribution < -0.4 is 5.73 Å². The number of hydrogen-bond acceptors (Lipinski definition) is 5. The molecule has 23 heavy (non-hydrogen) atoms. The Kier molecular flexibility index (Phi) is 4.08. The van der Waals surface area contributed by atoms with Gasteiger partial charge in [0.25, 0.3) is 5.91 Å². The molecule has 0 fully saturated rings. The SMILES string of the molecule is CCN(CC)C(=O)c1cc(N)n2nc(-c3cc(Br)co3)nc2c1. The molecule has 0 aliphatic rings. The molecule has 0 bridgehead atoms. The van der Waals surface area contributed by atoms with E-state index in [1.807, 2.05) is 13.8 Å². The third kappa shape index (κ3) is 2.81. The van der Waals surface area contributed by atoms with Crippen molar-refractivity contribution < 1.29 is 9.21 Å². The van der Waals surface area contributed by atoms with E-state index in [0.717, 1.165) is 4.47 Å². The number of hydrogen-bond donors (Lipinski definition) is 1. The predicted molar refractivity (Wildman–Crippen MR) is 90.1 cm³/mol. The molecule has 0 unspecified atom stereocenters. The first-order valence-corrected chi connectivity index (χ1v) is 8.02. The van der Waals surface area contributed by atoms with E-state index in [1.165, 1.54) is 4.52 Å². The van der Waals surface area contributed by atoms with Crippen LogP contribution in [0, 0.1) is 0 Å². The highest BCUT2D eigenvalue weighted by atomic mass is 79.9. The van der Waals surface area contributed by atoms with E-state index in [2.05, 4.69) is 26.0 Å². The topological polar surface area (TPSA) is 89.7 Å². The average molecular weight is 378 g/mol. The van der Waals surface area contributed by atoms with Crippen molar-refractivity contribution in [3.63, 3.8) is 0 Å². The zero-order valence-corrected chi connectivity index (χ0v) is 14.4. The predicted octanol–water partition coefficient (Wildman–Crippen LogP) is 2.82. The maximum Gasteiger partial charge on any atom is 0.254 e. The molecule has 0 saturated carbocycles. The van der Waals surface area contributed by atoms with E-state index in [0.29, 0.717) is 41.7 Å². The maximum absolute atomic E-state index is 12.5. The molecule has 3 rings (SSSR count). The Morgan fingerprint density at radius 1 is 1.35 bits per heavy atom. The van der Waals surface area contributed by atoms with Gasteiger partial charge in [-0.1, -0.05) is 0 Å². The summed E-state index contributed by atoms with van der Waals surface area (Å²) in [5, 5.41) is 4.32. The lowest BCUT2D eigenvalue weighted by Crippen LogP contribution is -2.30. The third-order valence-electron chi connectivity index (χ3n) is 3.55. The number of rotatable bonds is 4. The average Bonchev–Trinajstić information content (AvgIpc) is 3.14. The van der Waals surface area contributed by atoms with E-state index >= 15 is 0 Å². The Morgan fingerprint density at radius 3 is 2.70 bits per heavy atom. The minimum atomic E-state index is -0.0745. The van der Waals surface area contributed by atoms with Crippen molar-refractivity contribution in [3.8, 4) is 11.6 Å². The summed E-state index contributed by atoms with van der Waals surface area (Å²) in [6.45, 7) is 5.15. The summed E-state index contributed by atoms with van der Waals surface area (Å²) in [7, 11) is 0. The second-order valence-electron chi connectivity index (χ2n) is 4.98. The first-order valence-electron chi connectivity index (χ1n) is 7.23. The van der Waals surface area contributed by atoms with E-state index in [9.17, 15) is 4.79 Å². The summed E-state index contributed by atoms with van der Waals surface area (Å²) in [5.74, 6) is 1.21. The number of halogens is 1. The van der Waals surface area contributed by atoms with Crippen molar-refractivity contribution in [2.24, 2.45) is 0 Å². The lowest BCUT2D eigenvalue weighted by Gasteiger charge is -2.18. The molecular formula is C15H16BrN5O2. The molecule has 0 atom stereocenters. The van der Waals surface area contributed by atoms with Crippen LogP contribution in [0.5, 0.6) is 0 Å². The number of furan rings is 1. The van der Waals surface area contributed by atoms with Crippen molar-refractivity contribution in [1.82, 2.24) is 19.5 Å². The second kappa shape index (κ2) is 6.04. The van der Waals surface area contributed by atoms with Crippen LogP contribution in [0.4, 0.5) is 5.82 Å². The fourth-order valence-corrected chi connectivity index (χ4v) is 2.66. The summed E-state index contributed by atoms with van der Waals surface area (Å²) < 4.78 is 7.66. The quantitative estimate of drug-likeness (QED) is 0.754. The number of nitrogen functional groups attached to an aromatic ring is 1. The van der Waals surface area contributed by atoms with Crippen LogP contribution in [0.1, 0.15) is 24.2 Å². The van der Waals surface area contributed by atoms with Crippen molar-refractivity contribution in [2.75, 3.05) is 18.8 Å². The van der Waals surface area contributed by atoms with Crippen LogP contribution in [0.25, 0.3) is 17.2 Å². The Labute approximate surface area is 141 Å². The molecule has 120 valence electrons. The van der Waals surface area contributed by atoms with Crippen molar-refractivity contribution in [2.45, 2.75) is 13.8 Å². The Bertz CT molecular complexity index is 866. The maximum atomic E-state index is 12.5. The molecule has 3 aromatic rings. The normalized spacial score (nSPS) is 11.1. The highest BCUT2D eigenvalue weighted by Crippen LogP contribution is 2.24. The highest BCUT2D eigenvalue weighted by molar-refractivity contribution is 9.10. The molecule has 0 spiro atoms. The molecule has 8 heteroatoms. The zero-order chi connectivity index (χ0) is 16.6. The highest BCUT2D eigenvalue weighted by Gasteiger charge is 2.17. The smallest absolute Gasteiger partial charge is 0.254 e. The minimum absolute atomic E-state index is 0.0745. The zero-order valence-electron chi connectivity index (χ0n) is 12.8. The fourth-order valence-electron chi connectivity index (χ4n) is 2.36. The van der Waals surface area contributed by atoms with Crippen LogP contribution in [-0.4, -0.2) is 38.5 Å². The number of amides is 1. The van der Waals surface area contributed by atoms with Gasteiger partial charge in [-0.2, -0.15) is 4.52 Å². The molecule has 7 nitrogen and oxygen atoms in total. The molecule has 2 N–H and O–H groups in total. The van der Waals surface area contributed by atoms with Gasteiger partial charge in [-0.05, 0) is 41.9 Å². The number of anilines is 1. The number of carbonyl (C=O) groups is 1. The molecule has 3 aromatic heterocycles. The van der Waals surface area contributed by atoms with Gasteiger partial charge in [0.1, 0.15) is 12.1 Å². The monoisotopic (exact) mass is 377 g/mol. The lowest BCUT2D eigenvalue weighted by molar-refractivity contribution is 0.0773. The summed E-state index contributed by atoms with van der Waals surface area (Å²) >= 11 is 3.32. The molecular weight excluding hydrogens is 362 g/mol. The number of aromatic nitrogens is 3. The minimum Gasteiger partial charge on any atom is -0.460 e. The van der Waals surface area contributed by atoms with Crippen LogP contribution in [0.15, 0.2) is 33.4 Å². The lowest BCUT2D eigenvalue weighted by atomic mass is 10.2. The summed E-state index contributed by atoms with van der Waals surface area (Å²) in [6.07, 6.45) is 1.56. The van der Waals surface area contributed by atoms with Gasteiger partial charge in [-0.3, -0.25) is 4.79 Å². The van der Waals surface area contributed by atoms with E-state index in [-0.39, 0.29) is 5.91 Å². The summed E-state index contributed by atoms with van der Waals surface area (Å²) in [4.78, 5) is 18.6. The molecule has 0 radical (unpaired) electrons. The molecule has 0 aliphatic heterocycles. The Morgan fingerprint density at radius 2 is 2.09 bits per heavy atom. The van der Waals surface area contributed by atoms with Crippen molar-refractivity contribution >= 4 is 33.3 Å². The number of nitrogens with zero attached hydrogens (tertiary/aromatic N) is 4. The van der Waals surface area contributed by atoms with Gasteiger partial charge in [0.15, 0.2) is 11.4 Å². The third-order valence-corrected chi connectivity index (χ3v) is 3.97. The second-order valence-corrected chi connectivity index (χ2v) is 5.90. The van der Waals surface area contributed by atoms with Gasteiger partial charge in [-0.25, -0.2) is 4.98 Å². The summed E-state index contributed by atoms with van der Waals surface area (Å²) in [5.41, 5.74) is 7.03. The van der Waals surface area contributed by atoms with Gasteiger partial charge >= 0.3 is 0 Å². The van der Waals surface area contributed by atoms with E-state index < -0.39 is 0 Å². The largest absolute Gasteiger partial charge is 0.460 e. The van der Waals surface area contributed by atoms with E-state index in [4.69, 9.17) is 10.2 Å². The number of pyridine rings is 1. The van der Waals surface area contributed by atoms with Crippen LogP contribution >= 0.6 is 15.9 Å². The van der Waals surface area contributed by atoms with Gasteiger partial charge in [-0.15, -0.1) is 5.10 Å². The van der Waals surface area contributed by atoms with Gasteiger partial charge < -0.3 is 15.1 Å². The standard InChI is InChI=1S/C15H16BrN5O2/c1-3-20(4-2)15(22)9-5-12(17)21-13(6-9)18-14(19-21)11-7-10(16)8-23-11/h5-8H,3-4,17H2,1-2H3. The van der Waals surface area contributed by atoms with Gasteiger partial charge in [0.2, 0.25) is 5.82 Å². The Balaban J connectivity index is 2.06. The number of nitrogens with two attached hydrogens (primary N) is 1. The van der Waals surface area contributed by atoms with Crippen LogP contribution in [-0.2, 0) is 0 Å². The Hall–Kier alpha value is -2.35. The van der Waals surface area contributed by atoms with Crippen LogP contribution in [0.3, 0.4) is 0 Å². The fraction of sp³-hybridized carbons (Fsp3) is 0.267. The number of carbonyl (C=O) groups excluding carboxylic acids is 1.